The standard InChI is InChI=1S/C19H20N6O/c1-2-26-8-4-5-14-9-16-12-23-25(19(16)20-11-14)17-7-3-6-15(10-17)18-21-13-22-24-18/h3,6-7,9-13H,2,4-5,8H2,1H3,(H,21,22,24). The van der Waals surface area contributed by atoms with Crippen LogP contribution in [0.3, 0.4) is 0 Å². The predicted octanol–water partition coefficient (Wildman–Crippen LogP) is 3.17. The summed E-state index contributed by atoms with van der Waals surface area (Å²) >= 11 is 0. The molecule has 0 bridgehead atoms. The van der Waals surface area contributed by atoms with Crippen LogP contribution in [0.2, 0.25) is 0 Å². The van der Waals surface area contributed by atoms with Crippen molar-refractivity contribution in [3.63, 3.8) is 0 Å². The molecule has 0 aliphatic heterocycles. The largest absolute Gasteiger partial charge is 0.382 e. The van der Waals surface area contributed by atoms with Crippen LogP contribution in [0, 0.1) is 0 Å². The highest BCUT2D eigenvalue weighted by Gasteiger charge is 2.09. The van der Waals surface area contributed by atoms with Gasteiger partial charge in [-0.25, -0.2) is 14.6 Å². The Morgan fingerprint density at radius 1 is 1.15 bits per heavy atom. The maximum absolute atomic E-state index is 5.40. The van der Waals surface area contributed by atoms with E-state index in [4.69, 9.17) is 4.74 Å². The lowest BCUT2D eigenvalue weighted by Crippen LogP contribution is -1.99. The van der Waals surface area contributed by atoms with E-state index in [-0.39, 0.29) is 0 Å². The van der Waals surface area contributed by atoms with Crippen LogP contribution in [0.25, 0.3) is 28.1 Å². The first-order valence-electron chi connectivity index (χ1n) is 8.71. The highest BCUT2D eigenvalue weighted by Crippen LogP contribution is 2.22. The second-order valence-electron chi connectivity index (χ2n) is 6.00. The molecule has 0 aliphatic rings. The van der Waals surface area contributed by atoms with Crippen LogP contribution in [-0.4, -0.2) is 43.2 Å². The third kappa shape index (κ3) is 3.34. The minimum Gasteiger partial charge on any atom is -0.382 e. The molecule has 0 amide bonds. The summed E-state index contributed by atoms with van der Waals surface area (Å²) in [5.74, 6) is 0.729. The van der Waals surface area contributed by atoms with E-state index in [9.17, 15) is 0 Å². The molecule has 132 valence electrons. The van der Waals surface area contributed by atoms with Crippen LogP contribution < -0.4 is 0 Å². The third-order valence-electron chi connectivity index (χ3n) is 4.20. The fraction of sp³-hybridized carbons (Fsp3) is 0.263. The number of nitrogens with one attached hydrogen (secondary N) is 1. The summed E-state index contributed by atoms with van der Waals surface area (Å²) in [5, 5.41) is 12.3. The Balaban J connectivity index is 1.60. The summed E-state index contributed by atoms with van der Waals surface area (Å²) in [6, 6.07) is 10.1. The van der Waals surface area contributed by atoms with E-state index in [0.717, 1.165) is 54.2 Å². The zero-order valence-corrected chi connectivity index (χ0v) is 14.6. The summed E-state index contributed by atoms with van der Waals surface area (Å²) in [4.78, 5) is 8.83. The van der Waals surface area contributed by atoms with Crippen molar-refractivity contribution in [2.45, 2.75) is 19.8 Å². The van der Waals surface area contributed by atoms with E-state index >= 15 is 0 Å². The van der Waals surface area contributed by atoms with Gasteiger partial charge in [-0.3, -0.25) is 5.10 Å². The molecule has 4 aromatic rings. The van der Waals surface area contributed by atoms with Gasteiger partial charge >= 0.3 is 0 Å². The van der Waals surface area contributed by atoms with Gasteiger partial charge < -0.3 is 4.74 Å². The lowest BCUT2D eigenvalue weighted by molar-refractivity contribution is 0.145. The van der Waals surface area contributed by atoms with Crippen molar-refractivity contribution < 1.29 is 4.74 Å². The molecule has 0 saturated carbocycles. The molecule has 26 heavy (non-hydrogen) atoms. The number of hydrogen-bond donors (Lipinski definition) is 1. The number of aromatic amines is 1. The molecule has 0 radical (unpaired) electrons. The zero-order valence-electron chi connectivity index (χ0n) is 14.6. The van der Waals surface area contributed by atoms with Gasteiger partial charge in [0.15, 0.2) is 11.5 Å². The number of pyridine rings is 1. The summed E-state index contributed by atoms with van der Waals surface area (Å²) in [5.41, 5.74) is 3.93. The van der Waals surface area contributed by atoms with E-state index in [1.54, 1.807) is 0 Å². The molecule has 3 heterocycles. The third-order valence-corrected chi connectivity index (χ3v) is 4.20. The second kappa shape index (κ2) is 7.45. The van der Waals surface area contributed by atoms with Gasteiger partial charge in [0, 0.05) is 30.4 Å². The molecule has 0 unspecified atom stereocenters. The number of hydrogen-bond acceptors (Lipinski definition) is 5. The highest BCUT2D eigenvalue weighted by atomic mass is 16.5. The Labute approximate surface area is 151 Å². The lowest BCUT2D eigenvalue weighted by Gasteiger charge is -2.06. The Bertz CT molecular complexity index is 992. The Kier molecular flexibility index (Phi) is 4.70. The predicted molar refractivity (Wildman–Crippen MR) is 99.1 cm³/mol. The maximum Gasteiger partial charge on any atom is 0.162 e. The first-order valence-corrected chi connectivity index (χ1v) is 8.71. The van der Waals surface area contributed by atoms with Gasteiger partial charge in [0.1, 0.15) is 6.33 Å². The lowest BCUT2D eigenvalue weighted by atomic mass is 10.1. The van der Waals surface area contributed by atoms with E-state index in [0.29, 0.717) is 0 Å². The highest BCUT2D eigenvalue weighted by molar-refractivity contribution is 5.77. The number of aryl methyl sites for hydroxylation is 1. The van der Waals surface area contributed by atoms with Crippen molar-refractivity contribution in [3.05, 3.63) is 54.6 Å². The van der Waals surface area contributed by atoms with Crippen molar-refractivity contribution in [3.8, 4) is 17.1 Å². The van der Waals surface area contributed by atoms with Gasteiger partial charge in [-0.05, 0) is 43.5 Å². The summed E-state index contributed by atoms with van der Waals surface area (Å²) in [6.07, 6.45) is 7.23. The van der Waals surface area contributed by atoms with Crippen LogP contribution in [0.4, 0.5) is 0 Å². The fourth-order valence-corrected chi connectivity index (χ4v) is 2.94. The molecule has 1 N–H and O–H groups in total. The number of nitrogens with zero attached hydrogens (tertiary/aromatic N) is 5. The Morgan fingerprint density at radius 3 is 2.96 bits per heavy atom. The summed E-state index contributed by atoms with van der Waals surface area (Å²) in [7, 11) is 0. The van der Waals surface area contributed by atoms with E-state index < -0.39 is 0 Å². The van der Waals surface area contributed by atoms with Gasteiger partial charge in [0.25, 0.3) is 0 Å². The fourth-order valence-electron chi connectivity index (χ4n) is 2.94. The number of H-pyrrole nitrogens is 1. The maximum atomic E-state index is 5.40. The number of fused-ring (bicyclic) bond motifs is 1. The summed E-state index contributed by atoms with van der Waals surface area (Å²) in [6.45, 7) is 3.55. The smallest absolute Gasteiger partial charge is 0.162 e. The Morgan fingerprint density at radius 2 is 2.12 bits per heavy atom. The normalized spacial score (nSPS) is 11.3. The van der Waals surface area contributed by atoms with Crippen LogP contribution in [-0.2, 0) is 11.2 Å². The molecule has 0 spiro atoms. The number of rotatable bonds is 7. The SMILES string of the molecule is CCOCCCc1cnc2c(cnn2-c2cccc(-c3ncn[nH]3)c2)c1. The first kappa shape index (κ1) is 16.4. The second-order valence-corrected chi connectivity index (χ2v) is 6.00. The molecular weight excluding hydrogens is 328 g/mol. The zero-order chi connectivity index (χ0) is 17.8. The topological polar surface area (TPSA) is 81.5 Å². The van der Waals surface area contributed by atoms with Crippen molar-refractivity contribution in [1.82, 2.24) is 29.9 Å². The molecule has 3 aromatic heterocycles. The van der Waals surface area contributed by atoms with Gasteiger partial charge in [-0.2, -0.15) is 10.2 Å². The van der Waals surface area contributed by atoms with Gasteiger partial charge in [-0.1, -0.05) is 12.1 Å². The quantitative estimate of drug-likeness (QED) is 0.519. The average Bonchev–Trinajstić information content (AvgIpc) is 3.35. The minimum atomic E-state index is 0.729. The van der Waals surface area contributed by atoms with E-state index in [1.165, 1.54) is 11.9 Å². The van der Waals surface area contributed by atoms with Crippen molar-refractivity contribution in [1.29, 1.82) is 0 Å². The van der Waals surface area contributed by atoms with Gasteiger partial charge in [0.2, 0.25) is 0 Å². The molecule has 0 saturated heterocycles. The number of aromatic nitrogens is 6. The average molecular weight is 348 g/mol. The molecular formula is C19H20N6O. The van der Waals surface area contributed by atoms with E-state index in [1.807, 2.05) is 48.3 Å². The molecule has 0 aliphatic carbocycles. The number of ether oxygens (including phenoxy) is 1. The van der Waals surface area contributed by atoms with E-state index in [2.05, 4.69) is 31.3 Å². The van der Waals surface area contributed by atoms with Crippen LogP contribution >= 0.6 is 0 Å². The molecule has 4 rings (SSSR count). The molecule has 1 aromatic carbocycles. The van der Waals surface area contributed by atoms with Crippen LogP contribution in [0.15, 0.2) is 49.1 Å². The van der Waals surface area contributed by atoms with Crippen LogP contribution in [0.5, 0.6) is 0 Å². The molecule has 0 atom stereocenters. The van der Waals surface area contributed by atoms with Crippen molar-refractivity contribution >= 4 is 11.0 Å². The molecule has 7 heteroatoms. The van der Waals surface area contributed by atoms with Gasteiger partial charge in [0.05, 0.1) is 11.9 Å². The van der Waals surface area contributed by atoms with Gasteiger partial charge in [-0.15, -0.1) is 0 Å². The van der Waals surface area contributed by atoms with Crippen molar-refractivity contribution in [2.75, 3.05) is 13.2 Å². The Hall–Kier alpha value is -3.06. The molecule has 7 nitrogen and oxygen atoms in total. The first-order chi connectivity index (χ1) is 12.8. The van der Waals surface area contributed by atoms with Crippen LogP contribution in [0.1, 0.15) is 18.9 Å². The van der Waals surface area contributed by atoms with Crippen molar-refractivity contribution in [2.24, 2.45) is 0 Å². The monoisotopic (exact) mass is 348 g/mol. The number of benzene rings is 1. The molecule has 0 fully saturated rings. The minimum absolute atomic E-state index is 0.729. The summed E-state index contributed by atoms with van der Waals surface area (Å²) < 4.78 is 7.24.